The molecule has 0 aromatic carbocycles. The Morgan fingerprint density at radius 3 is 2.60 bits per heavy atom. The van der Waals surface area contributed by atoms with Gasteiger partial charge in [0.15, 0.2) is 0 Å². The third-order valence-electron chi connectivity index (χ3n) is 2.17. The van der Waals surface area contributed by atoms with Crippen LogP contribution in [-0.2, 0) is 11.2 Å². The normalized spacial score (nSPS) is 11.5. The first-order chi connectivity index (χ1) is 6.92. The number of esters is 1. The molecule has 0 aliphatic heterocycles. The van der Waals surface area contributed by atoms with Gasteiger partial charge in [-0.1, -0.05) is 20.8 Å². The highest BCUT2D eigenvalue weighted by Gasteiger charge is 2.14. The van der Waals surface area contributed by atoms with Crippen molar-refractivity contribution in [2.75, 3.05) is 7.11 Å². The number of carbonyl (C=O) groups is 1. The van der Waals surface area contributed by atoms with Crippen molar-refractivity contribution < 1.29 is 13.9 Å². The number of hydrogen-bond donors (Lipinski definition) is 0. The first kappa shape index (κ1) is 11.8. The van der Waals surface area contributed by atoms with E-state index in [0.29, 0.717) is 0 Å². The predicted octanol–water partition coefficient (Wildman–Crippen LogP) is 3.04. The molecular weight excluding hydrogens is 192 g/mol. The van der Waals surface area contributed by atoms with Gasteiger partial charge in [-0.25, -0.2) is 4.79 Å². The molecule has 0 aliphatic carbocycles. The fourth-order valence-electron chi connectivity index (χ4n) is 1.22. The molecular formula is C12H18O3. The summed E-state index contributed by atoms with van der Waals surface area (Å²) in [6.45, 7) is 6.53. The highest BCUT2D eigenvalue weighted by Crippen LogP contribution is 2.22. The second-order valence-corrected chi connectivity index (χ2v) is 4.82. The summed E-state index contributed by atoms with van der Waals surface area (Å²) in [7, 11) is 1.35. The van der Waals surface area contributed by atoms with Crippen LogP contribution in [0.1, 0.15) is 43.5 Å². The summed E-state index contributed by atoms with van der Waals surface area (Å²) in [5, 5.41) is 0. The molecule has 1 heterocycles. The standard InChI is InChI=1S/C12H18O3/c1-12(2,3)8-7-9-5-6-10(15-9)11(13)14-4/h5-6H,7-8H2,1-4H3. The molecule has 0 fully saturated rings. The molecule has 0 saturated carbocycles. The van der Waals surface area contributed by atoms with Gasteiger partial charge >= 0.3 is 5.97 Å². The zero-order valence-corrected chi connectivity index (χ0v) is 9.79. The Kier molecular flexibility index (Phi) is 3.56. The van der Waals surface area contributed by atoms with E-state index >= 15 is 0 Å². The van der Waals surface area contributed by atoms with Crippen molar-refractivity contribution in [1.82, 2.24) is 0 Å². The summed E-state index contributed by atoms with van der Waals surface area (Å²) in [6.07, 6.45) is 1.88. The fraction of sp³-hybridized carbons (Fsp3) is 0.583. The molecule has 0 spiro atoms. The molecule has 0 saturated heterocycles. The maximum absolute atomic E-state index is 11.1. The van der Waals surface area contributed by atoms with E-state index in [1.54, 1.807) is 6.07 Å². The number of ether oxygens (including phenoxy) is 1. The molecule has 1 rings (SSSR count). The summed E-state index contributed by atoms with van der Waals surface area (Å²) < 4.78 is 9.92. The van der Waals surface area contributed by atoms with Crippen LogP contribution in [0.5, 0.6) is 0 Å². The van der Waals surface area contributed by atoms with Crippen molar-refractivity contribution in [3.05, 3.63) is 23.7 Å². The number of hydrogen-bond acceptors (Lipinski definition) is 3. The molecule has 0 bridgehead atoms. The largest absolute Gasteiger partial charge is 0.463 e. The molecule has 3 heteroatoms. The van der Waals surface area contributed by atoms with Crippen molar-refractivity contribution in [3.63, 3.8) is 0 Å². The number of furan rings is 1. The Morgan fingerprint density at radius 1 is 1.40 bits per heavy atom. The highest BCUT2D eigenvalue weighted by molar-refractivity contribution is 5.86. The minimum Gasteiger partial charge on any atom is -0.463 e. The third-order valence-corrected chi connectivity index (χ3v) is 2.17. The number of methoxy groups -OCH3 is 1. The second kappa shape index (κ2) is 4.51. The van der Waals surface area contributed by atoms with Crippen molar-refractivity contribution in [2.24, 2.45) is 5.41 Å². The molecule has 0 amide bonds. The minimum atomic E-state index is -0.419. The van der Waals surface area contributed by atoms with Crippen LogP contribution < -0.4 is 0 Å². The predicted molar refractivity (Wildman–Crippen MR) is 57.8 cm³/mol. The Labute approximate surface area is 90.4 Å². The lowest BCUT2D eigenvalue weighted by atomic mass is 9.90. The first-order valence-corrected chi connectivity index (χ1v) is 5.09. The lowest BCUT2D eigenvalue weighted by Crippen LogP contribution is -2.05. The van der Waals surface area contributed by atoms with Crippen LogP contribution in [0, 0.1) is 5.41 Å². The van der Waals surface area contributed by atoms with Gasteiger partial charge in [0, 0.05) is 6.42 Å². The van der Waals surface area contributed by atoms with Crippen molar-refractivity contribution >= 4 is 5.97 Å². The van der Waals surface area contributed by atoms with Gasteiger partial charge in [-0.15, -0.1) is 0 Å². The van der Waals surface area contributed by atoms with E-state index in [9.17, 15) is 4.79 Å². The number of rotatable bonds is 3. The molecule has 84 valence electrons. The average molecular weight is 210 g/mol. The van der Waals surface area contributed by atoms with Crippen LogP contribution in [0.4, 0.5) is 0 Å². The SMILES string of the molecule is COC(=O)c1ccc(CCC(C)(C)C)o1. The lowest BCUT2D eigenvalue weighted by Gasteiger charge is -2.16. The van der Waals surface area contributed by atoms with Gasteiger partial charge in [0.1, 0.15) is 5.76 Å². The van der Waals surface area contributed by atoms with Gasteiger partial charge in [0.25, 0.3) is 0 Å². The van der Waals surface area contributed by atoms with Gasteiger partial charge in [-0.05, 0) is 24.0 Å². The maximum Gasteiger partial charge on any atom is 0.373 e. The third kappa shape index (κ3) is 3.78. The van der Waals surface area contributed by atoms with Gasteiger partial charge in [-0.2, -0.15) is 0 Å². The van der Waals surface area contributed by atoms with Crippen LogP contribution in [0.25, 0.3) is 0 Å². The van der Waals surface area contributed by atoms with E-state index in [1.165, 1.54) is 7.11 Å². The second-order valence-electron chi connectivity index (χ2n) is 4.82. The molecule has 1 aromatic heterocycles. The van der Waals surface area contributed by atoms with E-state index in [-0.39, 0.29) is 11.2 Å². The molecule has 0 radical (unpaired) electrons. The zero-order chi connectivity index (χ0) is 11.5. The molecule has 1 aromatic rings. The van der Waals surface area contributed by atoms with Crippen molar-refractivity contribution in [3.8, 4) is 0 Å². The van der Waals surface area contributed by atoms with E-state index in [0.717, 1.165) is 18.6 Å². The molecule has 3 nitrogen and oxygen atoms in total. The molecule has 0 unspecified atom stereocenters. The molecule has 0 aliphatic rings. The molecule has 0 N–H and O–H groups in total. The zero-order valence-electron chi connectivity index (χ0n) is 9.79. The topological polar surface area (TPSA) is 39.4 Å². The van der Waals surface area contributed by atoms with E-state index < -0.39 is 5.97 Å². The number of aryl methyl sites for hydroxylation is 1. The summed E-state index contributed by atoms with van der Waals surface area (Å²) >= 11 is 0. The van der Waals surface area contributed by atoms with Crippen LogP contribution >= 0.6 is 0 Å². The smallest absolute Gasteiger partial charge is 0.373 e. The van der Waals surface area contributed by atoms with E-state index in [1.807, 2.05) is 6.07 Å². The first-order valence-electron chi connectivity index (χ1n) is 5.09. The minimum absolute atomic E-state index is 0.276. The highest BCUT2D eigenvalue weighted by atomic mass is 16.5. The van der Waals surface area contributed by atoms with Crippen LogP contribution in [0.3, 0.4) is 0 Å². The molecule has 0 atom stereocenters. The average Bonchev–Trinajstić information content (AvgIpc) is 2.61. The van der Waals surface area contributed by atoms with Crippen LogP contribution in [-0.4, -0.2) is 13.1 Å². The fourth-order valence-corrected chi connectivity index (χ4v) is 1.22. The monoisotopic (exact) mass is 210 g/mol. The Bertz CT molecular complexity index is 331. The molecule has 15 heavy (non-hydrogen) atoms. The van der Waals surface area contributed by atoms with Gasteiger partial charge in [0.05, 0.1) is 7.11 Å². The van der Waals surface area contributed by atoms with Gasteiger partial charge in [-0.3, -0.25) is 0 Å². The van der Waals surface area contributed by atoms with Crippen molar-refractivity contribution in [1.29, 1.82) is 0 Å². The summed E-state index contributed by atoms with van der Waals surface area (Å²) in [5.41, 5.74) is 0.276. The Hall–Kier alpha value is -1.25. The quantitative estimate of drug-likeness (QED) is 0.720. The summed E-state index contributed by atoms with van der Waals surface area (Å²) in [6, 6.07) is 3.49. The Balaban J connectivity index is 2.57. The Morgan fingerprint density at radius 2 is 2.07 bits per heavy atom. The van der Waals surface area contributed by atoms with Crippen LogP contribution in [0.15, 0.2) is 16.5 Å². The lowest BCUT2D eigenvalue weighted by molar-refractivity contribution is 0.0563. The van der Waals surface area contributed by atoms with E-state index in [4.69, 9.17) is 4.42 Å². The summed E-state index contributed by atoms with van der Waals surface area (Å²) in [4.78, 5) is 11.1. The van der Waals surface area contributed by atoms with Crippen molar-refractivity contribution in [2.45, 2.75) is 33.6 Å². The summed E-state index contributed by atoms with van der Waals surface area (Å²) in [5.74, 6) is 0.698. The van der Waals surface area contributed by atoms with Gasteiger partial charge in [0.2, 0.25) is 5.76 Å². The number of carbonyl (C=O) groups excluding carboxylic acids is 1. The van der Waals surface area contributed by atoms with Gasteiger partial charge < -0.3 is 9.15 Å². The maximum atomic E-state index is 11.1. The van der Waals surface area contributed by atoms with Crippen LogP contribution in [0.2, 0.25) is 0 Å². The van der Waals surface area contributed by atoms with E-state index in [2.05, 4.69) is 25.5 Å².